The van der Waals surface area contributed by atoms with Gasteiger partial charge in [0.15, 0.2) is 0 Å². The van der Waals surface area contributed by atoms with Crippen LogP contribution >= 0.6 is 11.8 Å². The Morgan fingerprint density at radius 3 is 3.12 bits per heavy atom. The SMILES string of the molecule is COC(=O)CNCC1Cc2ccccc2S1. The molecule has 0 bridgehead atoms. The highest BCUT2D eigenvalue weighted by Crippen LogP contribution is 2.36. The lowest BCUT2D eigenvalue weighted by atomic mass is 10.1. The Labute approximate surface area is 99.6 Å². The average Bonchev–Trinajstić information content (AvgIpc) is 2.71. The van der Waals surface area contributed by atoms with Gasteiger partial charge in [-0.15, -0.1) is 11.8 Å². The summed E-state index contributed by atoms with van der Waals surface area (Å²) < 4.78 is 4.57. The molecule has 0 saturated heterocycles. The summed E-state index contributed by atoms with van der Waals surface area (Å²) in [6.07, 6.45) is 1.08. The predicted molar refractivity (Wildman–Crippen MR) is 64.7 cm³/mol. The van der Waals surface area contributed by atoms with Crippen LogP contribution in [0.4, 0.5) is 0 Å². The molecule has 0 radical (unpaired) electrons. The quantitative estimate of drug-likeness (QED) is 0.805. The van der Waals surface area contributed by atoms with E-state index in [4.69, 9.17) is 0 Å². The van der Waals surface area contributed by atoms with Crippen molar-refractivity contribution in [3.63, 3.8) is 0 Å². The molecular formula is C12H15NO2S. The second-order valence-electron chi connectivity index (χ2n) is 3.76. The first-order valence-electron chi connectivity index (χ1n) is 5.31. The maximum atomic E-state index is 10.9. The molecule has 2 rings (SSSR count). The van der Waals surface area contributed by atoms with Crippen LogP contribution in [0.1, 0.15) is 5.56 Å². The average molecular weight is 237 g/mol. The van der Waals surface area contributed by atoms with E-state index in [0.717, 1.165) is 13.0 Å². The van der Waals surface area contributed by atoms with Crippen molar-refractivity contribution in [2.45, 2.75) is 16.6 Å². The van der Waals surface area contributed by atoms with E-state index >= 15 is 0 Å². The molecule has 1 aliphatic rings. The number of carbonyl (C=O) groups excluding carboxylic acids is 1. The minimum absolute atomic E-state index is 0.208. The van der Waals surface area contributed by atoms with Crippen molar-refractivity contribution >= 4 is 17.7 Å². The van der Waals surface area contributed by atoms with Crippen LogP contribution in [0.2, 0.25) is 0 Å². The molecule has 3 nitrogen and oxygen atoms in total. The Morgan fingerprint density at radius 2 is 2.38 bits per heavy atom. The van der Waals surface area contributed by atoms with Crippen LogP contribution in [0, 0.1) is 0 Å². The zero-order valence-electron chi connectivity index (χ0n) is 9.23. The molecule has 16 heavy (non-hydrogen) atoms. The number of thioether (sulfide) groups is 1. The molecule has 1 atom stereocenters. The van der Waals surface area contributed by atoms with Crippen LogP contribution < -0.4 is 5.32 Å². The van der Waals surface area contributed by atoms with Gasteiger partial charge in [0.25, 0.3) is 0 Å². The van der Waals surface area contributed by atoms with Crippen molar-refractivity contribution in [1.82, 2.24) is 5.32 Å². The third-order valence-corrected chi connectivity index (χ3v) is 3.90. The lowest BCUT2D eigenvalue weighted by molar-refractivity contribution is -0.139. The number of ether oxygens (including phenoxy) is 1. The fourth-order valence-electron chi connectivity index (χ4n) is 1.78. The summed E-state index contributed by atoms with van der Waals surface area (Å²) in [6.45, 7) is 1.14. The van der Waals surface area contributed by atoms with Gasteiger partial charge >= 0.3 is 5.97 Å². The second-order valence-corrected chi connectivity index (χ2v) is 5.10. The summed E-state index contributed by atoms with van der Waals surface area (Å²) in [5.41, 5.74) is 1.41. The molecular weight excluding hydrogens is 222 g/mol. The number of hydrogen-bond acceptors (Lipinski definition) is 4. The number of rotatable bonds is 4. The van der Waals surface area contributed by atoms with Gasteiger partial charge in [0.2, 0.25) is 0 Å². The Kier molecular flexibility index (Phi) is 3.85. The number of esters is 1. The van der Waals surface area contributed by atoms with Crippen molar-refractivity contribution < 1.29 is 9.53 Å². The fraction of sp³-hybridized carbons (Fsp3) is 0.417. The first-order chi connectivity index (χ1) is 7.79. The number of hydrogen-bond donors (Lipinski definition) is 1. The first kappa shape index (κ1) is 11.5. The Balaban J connectivity index is 1.77. The molecule has 1 aliphatic heterocycles. The summed E-state index contributed by atoms with van der Waals surface area (Å²) in [5.74, 6) is -0.208. The van der Waals surface area contributed by atoms with Gasteiger partial charge in [0.05, 0.1) is 13.7 Å². The fourth-order valence-corrected chi connectivity index (χ4v) is 3.06. The topological polar surface area (TPSA) is 38.3 Å². The van der Waals surface area contributed by atoms with Gasteiger partial charge in [0, 0.05) is 16.7 Å². The van der Waals surface area contributed by atoms with E-state index in [1.54, 1.807) is 0 Å². The normalized spacial score (nSPS) is 18.2. The molecule has 0 aliphatic carbocycles. The van der Waals surface area contributed by atoms with Crippen molar-refractivity contribution in [3.8, 4) is 0 Å². The van der Waals surface area contributed by atoms with Gasteiger partial charge in [-0.1, -0.05) is 18.2 Å². The molecule has 1 aromatic rings. The highest BCUT2D eigenvalue weighted by atomic mass is 32.2. The lowest BCUT2D eigenvalue weighted by Gasteiger charge is -2.08. The molecule has 1 heterocycles. The highest BCUT2D eigenvalue weighted by molar-refractivity contribution is 8.00. The van der Waals surface area contributed by atoms with E-state index in [9.17, 15) is 4.79 Å². The summed E-state index contributed by atoms with van der Waals surface area (Å²) in [4.78, 5) is 12.3. The minimum Gasteiger partial charge on any atom is -0.468 e. The molecule has 0 saturated carbocycles. The van der Waals surface area contributed by atoms with E-state index in [0.29, 0.717) is 11.8 Å². The summed E-state index contributed by atoms with van der Waals surface area (Å²) in [7, 11) is 1.41. The van der Waals surface area contributed by atoms with Crippen molar-refractivity contribution in [2.75, 3.05) is 20.2 Å². The molecule has 1 unspecified atom stereocenters. The minimum atomic E-state index is -0.208. The van der Waals surface area contributed by atoms with E-state index in [1.807, 2.05) is 11.8 Å². The van der Waals surface area contributed by atoms with Crippen LogP contribution in [0.5, 0.6) is 0 Å². The summed E-state index contributed by atoms with van der Waals surface area (Å²) >= 11 is 1.88. The van der Waals surface area contributed by atoms with Crippen molar-refractivity contribution in [1.29, 1.82) is 0 Å². The molecule has 4 heteroatoms. The van der Waals surface area contributed by atoms with Gasteiger partial charge in [-0.2, -0.15) is 0 Å². The van der Waals surface area contributed by atoms with Crippen molar-refractivity contribution in [2.24, 2.45) is 0 Å². The number of methoxy groups -OCH3 is 1. The maximum Gasteiger partial charge on any atom is 0.319 e. The smallest absolute Gasteiger partial charge is 0.319 e. The summed E-state index contributed by atoms with van der Waals surface area (Å²) in [6, 6.07) is 8.46. The first-order valence-corrected chi connectivity index (χ1v) is 6.19. The zero-order chi connectivity index (χ0) is 11.4. The van der Waals surface area contributed by atoms with E-state index in [-0.39, 0.29) is 5.97 Å². The van der Waals surface area contributed by atoms with Gasteiger partial charge < -0.3 is 10.1 Å². The van der Waals surface area contributed by atoms with E-state index < -0.39 is 0 Å². The maximum absolute atomic E-state index is 10.9. The predicted octanol–water partition coefficient (Wildman–Crippen LogP) is 1.47. The lowest BCUT2D eigenvalue weighted by Crippen LogP contribution is -2.30. The Bertz CT molecular complexity index is 356. The zero-order valence-corrected chi connectivity index (χ0v) is 10.0. The highest BCUT2D eigenvalue weighted by Gasteiger charge is 2.21. The van der Waals surface area contributed by atoms with Crippen LogP contribution in [0.3, 0.4) is 0 Å². The number of fused-ring (bicyclic) bond motifs is 1. The molecule has 0 amide bonds. The third-order valence-electron chi connectivity index (χ3n) is 2.58. The van der Waals surface area contributed by atoms with Crippen molar-refractivity contribution in [3.05, 3.63) is 29.8 Å². The summed E-state index contributed by atoms with van der Waals surface area (Å²) in [5, 5.41) is 3.65. The van der Waals surface area contributed by atoms with Crippen LogP contribution in [-0.4, -0.2) is 31.4 Å². The van der Waals surface area contributed by atoms with Gasteiger partial charge in [0.1, 0.15) is 0 Å². The standard InChI is InChI=1S/C12H15NO2S/c1-15-12(14)8-13-7-10-6-9-4-2-3-5-11(9)16-10/h2-5,10,13H,6-8H2,1H3. The number of benzene rings is 1. The second kappa shape index (κ2) is 5.37. The van der Waals surface area contributed by atoms with Crippen LogP contribution in [0.25, 0.3) is 0 Å². The number of carbonyl (C=O) groups is 1. The molecule has 1 N–H and O–H groups in total. The Hall–Kier alpha value is -1.00. The van der Waals surface area contributed by atoms with E-state index in [2.05, 4.69) is 34.3 Å². The molecule has 0 fully saturated rings. The third kappa shape index (κ3) is 2.77. The van der Waals surface area contributed by atoms with Gasteiger partial charge in [-0.05, 0) is 18.1 Å². The van der Waals surface area contributed by atoms with Gasteiger partial charge in [-0.3, -0.25) is 4.79 Å². The molecule has 1 aromatic carbocycles. The van der Waals surface area contributed by atoms with Gasteiger partial charge in [-0.25, -0.2) is 0 Å². The van der Waals surface area contributed by atoms with Crippen LogP contribution in [-0.2, 0) is 16.0 Å². The molecule has 0 spiro atoms. The van der Waals surface area contributed by atoms with E-state index in [1.165, 1.54) is 17.6 Å². The Morgan fingerprint density at radius 1 is 1.56 bits per heavy atom. The monoisotopic (exact) mass is 237 g/mol. The largest absolute Gasteiger partial charge is 0.468 e. The molecule has 0 aromatic heterocycles. The molecule has 86 valence electrons. The van der Waals surface area contributed by atoms with Crippen LogP contribution in [0.15, 0.2) is 29.2 Å². The number of nitrogens with one attached hydrogen (secondary N) is 1.